The molecule has 0 atom stereocenters. The molecule has 2 aromatic rings. The number of hydrogen-bond acceptors (Lipinski definition) is 3. The third kappa shape index (κ3) is 3.45. The summed E-state index contributed by atoms with van der Waals surface area (Å²) in [4.78, 5) is 16.5. The van der Waals surface area contributed by atoms with Crippen LogP contribution in [0.2, 0.25) is 0 Å². The van der Waals surface area contributed by atoms with E-state index in [0.29, 0.717) is 6.54 Å². The zero-order chi connectivity index (χ0) is 15.4. The van der Waals surface area contributed by atoms with Crippen molar-refractivity contribution in [3.05, 3.63) is 42.1 Å². The molecule has 0 aliphatic heterocycles. The molecule has 22 heavy (non-hydrogen) atoms. The van der Waals surface area contributed by atoms with Gasteiger partial charge >= 0.3 is 0 Å². The average molecular weight is 298 g/mol. The van der Waals surface area contributed by atoms with E-state index in [0.717, 1.165) is 48.6 Å². The van der Waals surface area contributed by atoms with Gasteiger partial charge in [0.25, 0.3) is 0 Å². The van der Waals surface area contributed by atoms with Crippen molar-refractivity contribution in [1.29, 1.82) is 0 Å². The summed E-state index contributed by atoms with van der Waals surface area (Å²) in [6.45, 7) is 0.470. The maximum absolute atomic E-state index is 12.1. The van der Waals surface area contributed by atoms with Crippen molar-refractivity contribution >= 4 is 16.8 Å². The van der Waals surface area contributed by atoms with E-state index in [9.17, 15) is 9.90 Å². The Labute approximate surface area is 130 Å². The van der Waals surface area contributed by atoms with Crippen molar-refractivity contribution < 1.29 is 9.90 Å². The minimum Gasteiger partial charge on any atom is -0.389 e. The summed E-state index contributed by atoms with van der Waals surface area (Å²) >= 11 is 0. The first-order valence-electron chi connectivity index (χ1n) is 7.98. The number of rotatable bonds is 4. The minimum absolute atomic E-state index is 0.0784. The lowest BCUT2D eigenvalue weighted by Crippen LogP contribution is -2.38. The Hall–Kier alpha value is -1.94. The van der Waals surface area contributed by atoms with Gasteiger partial charge in [-0.3, -0.25) is 9.78 Å². The lowest BCUT2D eigenvalue weighted by molar-refractivity contribution is -0.127. The average Bonchev–Trinajstić information content (AvgIpc) is 2.53. The summed E-state index contributed by atoms with van der Waals surface area (Å²) in [5, 5.41) is 14.4. The molecule has 0 unspecified atom stereocenters. The highest BCUT2D eigenvalue weighted by Gasteiger charge is 2.31. The summed E-state index contributed by atoms with van der Waals surface area (Å²) in [5.41, 5.74) is 1.18. The first-order chi connectivity index (χ1) is 10.7. The molecule has 0 radical (unpaired) electrons. The molecule has 4 heteroatoms. The minimum atomic E-state index is -0.803. The van der Waals surface area contributed by atoms with Gasteiger partial charge in [0.2, 0.25) is 5.91 Å². The molecule has 4 nitrogen and oxygen atoms in total. The van der Waals surface area contributed by atoms with Crippen LogP contribution in [0.4, 0.5) is 0 Å². The van der Waals surface area contributed by atoms with Crippen molar-refractivity contribution in [2.45, 2.75) is 50.7 Å². The van der Waals surface area contributed by atoms with E-state index >= 15 is 0 Å². The normalized spacial score (nSPS) is 17.3. The Kier molecular flexibility index (Phi) is 4.39. The van der Waals surface area contributed by atoms with Crippen molar-refractivity contribution in [3.63, 3.8) is 0 Å². The van der Waals surface area contributed by atoms with E-state index in [1.54, 1.807) is 6.20 Å². The van der Waals surface area contributed by atoms with Gasteiger partial charge < -0.3 is 10.4 Å². The van der Waals surface area contributed by atoms with Gasteiger partial charge in [-0.05, 0) is 30.5 Å². The van der Waals surface area contributed by atoms with Crippen LogP contribution in [-0.2, 0) is 11.3 Å². The molecule has 1 aliphatic carbocycles. The van der Waals surface area contributed by atoms with Crippen molar-refractivity contribution in [2.75, 3.05) is 0 Å². The van der Waals surface area contributed by atoms with Crippen LogP contribution in [0.3, 0.4) is 0 Å². The van der Waals surface area contributed by atoms with Crippen LogP contribution in [0.1, 0.15) is 44.1 Å². The number of pyridine rings is 1. The molecule has 1 aromatic heterocycles. The van der Waals surface area contributed by atoms with E-state index in [1.807, 2.05) is 30.3 Å². The number of para-hydroxylation sites is 1. The number of fused-ring (bicyclic) bond motifs is 1. The molecule has 0 spiro atoms. The van der Waals surface area contributed by atoms with Gasteiger partial charge in [-0.15, -0.1) is 0 Å². The van der Waals surface area contributed by atoms with Crippen molar-refractivity contribution in [2.24, 2.45) is 0 Å². The Morgan fingerprint density at radius 2 is 1.95 bits per heavy atom. The quantitative estimate of drug-likeness (QED) is 0.912. The SMILES string of the molecule is O=C(CC1(O)CCCCC1)NCc1ccnc2ccccc12. The fraction of sp³-hybridized carbons (Fsp3) is 0.444. The lowest BCUT2D eigenvalue weighted by Gasteiger charge is -2.31. The summed E-state index contributed by atoms with van der Waals surface area (Å²) in [5.74, 6) is -0.0784. The molecule has 1 aliphatic rings. The van der Waals surface area contributed by atoms with E-state index in [1.165, 1.54) is 0 Å². The number of nitrogens with zero attached hydrogens (tertiary/aromatic N) is 1. The number of nitrogens with one attached hydrogen (secondary N) is 1. The number of hydrogen-bond donors (Lipinski definition) is 2. The molecule has 1 aromatic carbocycles. The van der Waals surface area contributed by atoms with Gasteiger partial charge in [-0.1, -0.05) is 37.5 Å². The topological polar surface area (TPSA) is 62.2 Å². The predicted octanol–water partition coefficient (Wildman–Crippen LogP) is 2.94. The first-order valence-corrected chi connectivity index (χ1v) is 7.98. The van der Waals surface area contributed by atoms with E-state index in [4.69, 9.17) is 0 Å². The van der Waals surface area contributed by atoms with Crippen LogP contribution >= 0.6 is 0 Å². The molecule has 0 saturated heterocycles. The van der Waals surface area contributed by atoms with Crippen LogP contribution in [0.15, 0.2) is 36.5 Å². The van der Waals surface area contributed by atoms with Crippen LogP contribution in [-0.4, -0.2) is 21.6 Å². The highest BCUT2D eigenvalue weighted by atomic mass is 16.3. The number of aliphatic hydroxyl groups is 1. The third-order valence-electron chi connectivity index (χ3n) is 4.49. The van der Waals surface area contributed by atoms with Gasteiger partial charge in [0.15, 0.2) is 0 Å². The largest absolute Gasteiger partial charge is 0.389 e. The number of carbonyl (C=O) groups is 1. The van der Waals surface area contributed by atoms with Crippen LogP contribution in [0.5, 0.6) is 0 Å². The molecule has 1 amide bonds. The van der Waals surface area contributed by atoms with Gasteiger partial charge in [-0.2, -0.15) is 0 Å². The van der Waals surface area contributed by atoms with Gasteiger partial charge in [0.05, 0.1) is 17.5 Å². The fourth-order valence-corrected chi connectivity index (χ4v) is 3.25. The van der Waals surface area contributed by atoms with Crippen molar-refractivity contribution in [3.8, 4) is 0 Å². The Balaban J connectivity index is 1.63. The monoisotopic (exact) mass is 298 g/mol. The highest BCUT2D eigenvalue weighted by molar-refractivity contribution is 5.83. The van der Waals surface area contributed by atoms with Crippen LogP contribution < -0.4 is 5.32 Å². The molecule has 2 N–H and O–H groups in total. The van der Waals surface area contributed by atoms with Crippen LogP contribution in [0.25, 0.3) is 10.9 Å². The second-order valence-electron chi connectivity index (χ2n) is 6.23. The van der Waals surface area contributed by atoms with Crippen molar-refractivity contribution in [1.82, 2.24) is 10.3 Å². The second-order valence-corrected chi connectivity index (χ2v) is 6.23. The molecule has 1 saturated carbocycles. The summed E-state index contributed by atoms with van der Waals surface area (Å²) in [7, 11) is 0. The Morgan fingerprint density at radius 3 is 2.77 bits per heavy atom. The summed E-state index contributed by atoms with van der Waals surface area (Å²) in [6.07, 6.45) is 6.62. The van der Waals surface area contributed by atoms with Gasteiger partial charge in [0, 0.05) is 18.1 Å². The predicted molar refractivity (Wildman–Crippen MR) is 86.2 cm³/mol. The molecular weight excluding hydrogens is 276 g/mol. The molecule has 116 valence electrons. The van der Waals surface area contributed by atoms with Gasteiger partial charge in [0.1, 0.15) is 0 Å². The first kappa shape index (κ1) is 15.0. The zero-order valence-corrected chi connectivity index (χ0v) is 12.7. The number of carbonyl (C=O) groups excluding carboxylic acids is 1. The summed E-state index contributed by atoms with van der Waals surface area (Å²) < 4.78 is 0. The number of amides is 1. The molecule has 3 rings (SSSR count). The number of benzene rings is 1. The lowest BCUT2D eigenvalue weighted by atomic mass is 9.82. The standard InChI is InChI=1S/C18H22N2O2/c21-17(12-18(22)9-4-1-5-10-18)20-13-14-8-11-19-16-7-3-2-6-15(14)16/h2-3,6-8,11,22H,1,4-5,9-10,12-13H2,(H,20,21). The zero-order valence-electron chi connectivity index (χ0n) is 12.7. The van der Waals surface area contributed by atoms with Crippen LogP contribution in [0, 0.1) is 0 Å². The highest BCUT2D eigenvalue weighted by Crippen LogP contribution is 2.30. The summed E-state index contributed by atoms with van der Waals surface area (Å²) in [6, 6.07) is 9.83. The van der Waals surface area contributed by atoms with E-state index in [2.05, 4.69) is 10.3 Å². The second kappa shape index (κ2) is 6.44. The molecule has 1 fully saturated rings. The molecule has 0 bridgehead atoms. The van der Waals surface area contributed by atoms with E-state index < -0.39 is 5.60 Å². The smallest absolute Gasteiger partial charge is 0.223 e. The van der Waals surface area contributed by atoms with Gasteiger partial charge in [-0.25, -0.2) is 0 Å². The Bertz CT molecular complexity index is 658. The third-order valence-corrected chi connectivity index (χ3v) is 4.49. The van der Waals surface area contributed by atoms with E-state index in [-0.39, 0.29) is 12.3 Å². The maximum atomic E-state index is 12.1. The fourth-order valence-electron chi connectivity index (χ4n) is 3.25. The molecular formula is C18H22N2O2. The Morgan fingerprint density at radius 1 is 1.18 bits per heavy atom. The maximum Gasteiger partial charge on any atom is 0.223 e. The number of aromatic nitrogens is 1. The molecule has 1 heterocycles.